The molecule has 1 aromatic heterocycles. The number of amides is 1. The van der Waals surface area contributed by atoms with Crippen molar-refractivity contribution in [3.8, 4) is 0 Å². The lowest BCUT2D eigenvalue weighted by molar-refractivity contribution is 0.0761. The Morgan fingerprint density at radius 3 is 2.40 bits per heavy atom. The molecule has 4 heteroatoms. The van der Waals surface area contributed by atoms with E-state index >= 15 is 0 Å². The summed E-state index contributed by atoms with van der Waals surface area (Å²) in [6.45, 7) is 7.86. The number of rotatable bonds is 4. The van der Waals surface area contributed by atoms with Crippen molar-refractivity contribution < 1.29 is 4.79 Å². The van der Waals surface area contributed by atoms with Gasteiger partial charge in [0, 0.05) is 32.4 Å². The van der Waals surface area contributed by atoms with Crippen LogP contribution in [0, 0.1) is 0 Å². The maximum atomic E-state index is 12.6. The Labute approximate surface area is 121 Å². The average Bonchev–Trinajstić information content (AvgIpc) is 2.77. The zero-order valence-electron chi connectivity index (χ0n) is 12.6. The molecule has 2 rings (SSSR count). The second-order valence-electron chi connectivity index (χ2n) is 5.31. The highest BCUT2D eigenvalue weighted by atomic mass is 16.2. The number of likely N-dealkylation sites (tertiary alicyclic amines) is 1. The largest absolute Gasteiger partial charge is 0.371 e. The lowest BCUT2D eigenvalue weighted by Crippen LogP contribution is -2.32. The van der Waals surface area contributed by atoms with Crippen LogP contribution < -0.4 is 4.90 Å². The molecule has 0 aliphatic carbocycles. The van der Waals surface area contributed by atoms with Crippen molar-refractivity contribution in [2.75, 3.05) is 31.1 Å². The summed E-state index contributed by atoms with van der Waals surface area (Å²) < 4.78 is 0. The van der Waals surface area contributed by atoms with Crippen molar-refractivity contribution in [2.45, 2.75) is 39.5 Å². The van der Waals surface area contributed by atoms with Gasteiger partial charge in [0.2, 0.25) is 0 Å². The van der Waals surface area contributed by atoms with Gasteiger partial charge in [-0.2, -0.15) is 0 Å². The van der Waals surface area contributed by atoms with Crippen LogP contribution in [0.25, 0.3) is 0 Å². The third kappa shape index (κ3) is 3.50. The van der Waals surface area contributed by atoms with Crippen molar-refractivity contribution in [1.29, 1.82) is 0 Å². The first kappa shape index (κ1) is 14.8. The monoisotopic (exact) mass is 275 g/mol. The Morgan fingerprint density at radius 2 is 1.80 bits per heavy atom. The van der Waals surface area contributed by atoms with Crippen LogP contribution in [0.2, 0.25) is 0 Å². The summed E-state index contributed by atoms with van der Waals surface area (Å²) in [5.41, 5.74) is 1.76. The maximum Gasteiger partial charge on any atom is 0.255 e. The van der Waals surface area contributed by atoms with Crippen molar-refractivity contribution >= 4 is 11.6 Å². The molecule has 0 unspecified atom stereocenters. The third-order valence-corrected chi connectivity index (χ3v) is 3.99. The molecule has 1 aliphatic heterocycles. The van der Waals surface area contributed by atoms with Crippen molar-refractivity contribution in [2.24, 2.45) is 0 Å². The maximum absolute atomic E-state index is 12.6. The molecule has 0 atom stereocenters. The molecule has 2 heterocycles. The molecule has 110 valence electrons. The van der Waals surface area contributed by atoms with E-state index in [0.717, 1.165) is 50.3 Å². The van der Waals surface area contributed by atoms with Crippen LogP contribution in [0.5, 0.6) is 0 Å². The Balaban J connectivity index is 2.14. The molecule has 0 aromatic carbocycles. The lowest BCUT2D eigenvalue weighted by atomic mass is 10.2. The third-order valence-electron chi connectivity index (χ3n) is 3.99. The van der Waals surface area contributed by atoms with Gasteiger partial charge in [-0.15, -0.1) is 0 Å². The molecule has 0 N–H and O–H groups in total. The number of aromatic nitrogens is 1. The summed E-state index contributed by atoms with van der Waals surface area (Å²) >= 11 is 0. The first-order valence-corrected chi connectivity index (χ1v) is 7.75. The molecule has 4 nitrogen and oxygen atoms in total. The summed E-state index contributed by atoms with van der Waals surface area (Å²) in [7, 11) is 0. The summed E-state index contributed by atoms with van der Waals surface area (Å²) in [6.07, 6.45) is 8.25. The number of nitrogens with zero attached hydrogens (tertiary/aromatic N) is 3. The van der Waals surface area contributed by atoms with Crippen LogP contribution in [-0.4, -0.2) is 42.0 Å². The summed E-state index contributed by atoms with van der Waals surface area (Å²) in [6, 6.07) is 1.98. The molecule has 0 spiro atoms. The smallest absolute Gasteiger partial charge is 0.255 e. The zero-order chi connectivity index (χ0) is 14.4. The fraction of sp³-hybridized carbons (Fsp3) is 0.625. The Hall–Kier alpha value is -1.58. The number of anilines is 1. The van der Waals surface area contributed by atoms with Crippen LogP contribution in [0.1, 0.15) is 49.9 Å². The van der Waals surface area contributed by atoms with E-state index in [1.165, 1.54) is 12.8 Å². The van der Waals surface area contributed by atoms with Crippen LogP contribution in [0.3, 0.4) is 0 Å². The van der Waals surface area contributed by atoms with Crippen molar-refractivity contribution in [3.63, 3.8) is 0 Å². The Kier molecular flexibility index (Phi) is 5.39. The highest BCUT2D eigenvalue weighted by Gasteiger charge is 2.18. The molecule has 0 bridgehead atoms. The van der Waals surface area contributed by atoms with Gasteiger partial charge in [-0.05, 0) is 32.8 Å². The zero-order valence-corrected chi connectivity index (χ0v) is 12.6. The molecule has 20 heavy (non-hydrogen) atoms. The fourth-order valence-electron chi connectivity index (χ4n) is 2.76. The quantitative estimate of drug-likeness (QED) is 0.847. The minimum Gasteiger partial charge on any atom is -0.371 e. The van der Waals surface area contributed by atoms with Gasteiger partial charge in [0.15, 0.2) is 0 Å². The molecule has 1 aliphatic rings. The highest BCUT2D eigenvalue weighted by Crippen LogP contribution is 2.17. The van der Waals surface area contributed by atoms with Crippen molar-refractivity contribution in [1.82, 2.24) is 9.88 Å². The van der Waals surface area contributed by atoms with E-state index in [9.17, 15) is 4.79 Å². The standard InChI is InChI=1S/C16H25N3O/c1-3-18(4-2)15-11-14(12-17-13-15)16(20)19-9-7-5-6-8-10-19/h11-13H,3-10H2,1-2H3. The van der Waals surface area contributed by atoms with Gasteiger partial charge in [-0.3, -0.25) is 9.78 Å². The predicted octanol–water partition coefficient (Wildman–Crippen LogP) is 2.94. The summed E-state index contributed by atoms with van der Waals surface area (Å²) in [4.78, 5) is 21.0. The molecule has 0 radical (unpaired) electrons. The second-order valence-corrected chi connectivity index (χ2v) is 5.31. The molecule has 1 saturated heterocycles. The summed E-state index contributed by atoms with van der Waals surface area (Å²) in [5, 5.41) is 0. The van der Waals surface area contributed by atoms with E-state index in [2.05, 4.69) is 23.7 Å². The molecule has 1 amide bonds. The molecule has 0 saturated carbocycles. The summed E-state index contributed by atoms with van der Waals surface area (Å²) in [5.74, 6) is 0.133. The van der Waals surface area contributed by atoms with Crippen LogP contribution >= 0.6 is 0 Å². The molecule has 1 aromatic rings. The average molecular weight is 275 g/mol. The van der Waals surface area contributed by atoms with Crippen LogP contribution in [0.15, 0.2) is 18.5 Å². The van der Waals surface area contributed by atoms with E-state index in [1.807, 2.05) is 17.2 Å². The minimum atomic E-state index is 0.133. The first-order valence-electron chi connectivity index (χ1n) is 7.75. The molecular formula is C16H25N3O. The Bertz CT molecular complexity index is 435. The number of carbonyl (C=O) groups is 1. The van der Waals surface area contributed by atoms with Gasteiger partial charge >= 0.3 is 0 Å². The van der Waals surface area contributed by atoms with Crippen molar-refractivity contribution in [3.05, 3.63) is 24.0 Å². The fourth-order valence-corrected chi connectivity index (χ4v) is 2.76. The van der Waals surface area contributed by atoms with Gasteiger partial charge in [0.05, 0.1) is 17.4 Å². The highest BCUT2D eigenvalue weighted by molar-refractivity contribution is 5.94. The van der Waals surface area contributed by atoms with Gasteiger partial charge < -0.3 is 9.80 Å². The van der Waals surface area contributed by atoms with Gasteiger partial charge in [-0.25, -0.2) is 0 Å². The van der Waals surface area contributed by atoms with Gasteiger partial charge in [-0.1, -0.05) is 12.8 Å². The van der Waals surface area contributed by atoms with Gasteiger partial charge in [0.1, 0.15) is 0 Å². The predicted molar refractivity (Wildman–Crippen MR) is 82.2 cm³/mol. The van der Waals surface area contributed by atoms with Crippen LogP contribution in [0.4, 0.5) is 5.69 Å². The topological polar surface area (TPSA) is 36.4 Å². The normalized spacial score (nSPS) is 15.8. The van der Waals surface area contributed by atoms with E-state index in [-0.39, 0.29) is 5.91 Å². The van der Waals surface area contributed by atoms with Crippen LogP contribution in [-0.2, 0) is 0 Å². The van der Waals surface area contributed by atoms with E-state index in [4.69, 9.17) is 0 Å². The second kappa shape index (κ2) is 7.27. The number of hydrogen-bond donors (Lipinski definition) is 0. The van der Waals surface area contributed by atoms with Gasteiger partial charge in [0.25, 0.3) is 5.91 Å². The van der Waals surface area contributed by atoms with E-state index in [1.54, 1.807) is 6.20 Å². The lowest BCUT2D eigenvalue weighted by Gasteiger charge is -2.23. The molecular weight excluding hydrogens is 250 g/mol. The minimum absolute atomic E-state index is 0.133. The SMILES string of the molecule is CCN(CC)c1cncc(C(=O)N2CCCCCC2)c1. The van der Waals surface area contributed by atoms with E-state index in [0.29, 0.717) is 0 Å². The first-order chi connectivity index (χ1) is 9.76. The number of carbonyl (C=O) groups excluding carboxylic acids is 1. The number of hydrogen-bond acceptors (Lipinski definition) is 3. The molecule has 1 fully saturated rings. The Morgan fingerprint density at radius 1 is 1.15 bits per heavy atom. The van der Waals surface area contributed by atoms with E-state index < -0.39 is 0 Å². The number of pyridine rings is 1.